The number of carbonyl (C=O) groups excluding carboxylic acids is 2. The van der Waals surface area contributed by atoms with Gasteiger partial charge in [-0.2, -0.15) is 0 Å². The van der Waals surface area contributed by atoms with Gasteiger partial charge in [-0.15, -0.1) is 0 Å². The quantitative estimate of drug-likeness (QED) is 0.668. The Hall–Kier alpha value is -2.09. The fourth-order valence-electron chi connectivity index (χ4n) is 4.10. The molecule has 0 N–H and O–H groups in total. The van der Waals surface area contributed by atoms with E-state index in [0.717, 1.165) is 6.42 Å². The van der Waals surface area contributed by atoms with Crippen molar-refractivity contribution in [2.45, 2.75) is 38.6 Å². The van der Waals surface area contributed by atoms with E-state index in [2.05, 4.69) is 0 Å². The van der Waals surface area contributed by atoms with Gasteiger partial charge < -0.3 is 14.5 Å². The van der Waals surface area contributed by atoms with Crippen LogP contribution in [0.3, 0.4) is 0 Å². The molecule has 29 heavy (non-hydrogen) atoms. The molecule has 0 aromatic heterocycles. The molecule has 2 aliphatic rings. The Morgan fingerprint density at radius 1 is 1.14 bits per heavy atom. The molecule has 1 atom stereocenters. The van der Waals surface area contributed by atoms with Gasteiger partial charge in [0.05, 0.1) is 11.5 Å². The number of hydrogen-bond donors (Lipinski definition) is 0. The molecule has 0 radical (unpaired) electrons. The molecule has 8 heteroatoms. The molecule has 0 spiro atoms. The van der Waals surface area contributed by atoms with E-state index < -0.39 is 9.84 Å². The lowest BCUT2D eigenvalue weighted by Gasteiger charge is -2.36. The van der Waals surface area contributed by atoms with Crippen molar-refractivity contribution in [1.82, 2.24) is 9.80 Å². The highest BCUT2D eigenvalue weighted by Gasteiger charge is 2.37. The molecule has 1 aromatic rings. The number of ether oxygens (including phenoxy) is 1. The lowest BCUT2D eigenvalue weighted by Crippen LogP contribution is -2.49. The number of likely N-dealkylation sites (tertiary alicyclic amines) is 1. The number of hydrogen-bond acceptors (Lipinski definition) is 5. The fraction of sp³-hybridized carbons (Fsp3) is 0.619. The van der Waals surface area contributed by atoms with Crippen molar-refractivity contribution in [1.29, 1.82) is 0 Å². The van der Waals surface area contributed by atoms with Crippen LogP contribution in [0, 0.1) is 5.92 Å². The van der Waals surface area contributed by atoms with Crippen LogP contribution >= 0.6 is 0 Å². The van der Waals surface area contributed by atoms with Crippen LogP contribution in [0.5, 0.6) is 5.75 Å². The summed E-state index contributed by atoms with van der Waals surface area (Å²) < 4.78 is 29.2. The van der Waals surface area contributed by atoms with Crippen LogP contribution in [0.25, 0.3) is 0 Å². The van der Waals surface area contributed by atoms with Crippen LogP contribution in [-0.2, 0) is 19.4 Å². The summed E-state index contributed by atoms with van der Waals surface area (Å²) in [6, 6.07) is 9.02. The number of piperidine rings is 1. The Bertz CT molecular complexity index is 804. The maximum atomic E-state index is 13.1. The molecule has 0 bridgehead atoms. The molecule has 0 aliphatic carbocycles. The van der Waals surface area contributed by atoms with Gasteiger partial charge >= 0.3 is 0 Å². The number of nitrogens with zero attached hydrogens (tertiary/aromatic N) is 2. The standard InChI is InChI=1S/C21H30N2O5S/c1-2-11-23(18-10-14-29(26,27)16-18)21(25)17-8-12-22(13-9-17)20(24)15-28-19-6-4-3-5-7-19/h3-7,17-18H,2,8-16H2,1H3. The summed E-state index contributed by atoms with van der Waals surface area (Å²) in [4.78, 5) is 29.0. The molecular weight excluding hydrogens is 392 g/mol. The monoisotopic (exact) mass is 422 g/mol. The minimum Gasteiger partial charge on any atom is -0.484 e. The molecule has 1 aromatic carbocycles. The highest BCUT2D eigenvalue weighted by molar-refractivity contribution is 7.91. The molecule has 2 aliphatic heterocycles. The Morgan fingerprint density at radius 3 is 2.41 bits per heavy atom. The fourth-order valence-corrected chi connectivity index (χ4v) is 5.83. The second kappa shape index (κ2) is 9.61. The smallest absolute Gasteiger partial charge is 0.260 e. The predicted molar refractivity (Wildman–Crippen MR) is 110 cm³/mol. The highest BCUT2D eigenvalue weighted by atomic mass is 32.2. The molecule has 3 rings (SSSR count). The first kappa shape index (κ1) is 21.6. The number of benzene rings is 1. The number of rotatable bonds is 7. The van der Waals surface area contributed by atoms with E-state index in [-0.39, 0.29) is 41.9 Å². The topological polar surface area (TPSA) is 84.0 Å². The maximum Gasteiger partial charge on any atom is 0.260 e. The summed E-state index contributed by atoms with van der Waals surface area (Å²) in [6.45, 7) is 3.62. The molecule has 2 saturated heterocycles. The summed E-state index contributed by atoms with van der Waals surface area (Å²) >= 11 is 0. The number of para-hydroxylation sites is 1. The van der Waals surface area contributed by atoms with E-state index in [4.69, 9.17) is 4.74 Å². The summed E-state index contributed by atoms with van der Waals surface area (Å²) in [5, 5.41) is 0. The van der Waals surface area contributed by atoms with Gasteiger partial charge in [0.1, 0.15) is 5.75 Å². The van der Waals surface area contributed by atoms with E-state index in [0.29, 0.717) is 44.6 Å². The third-order valence-corrected chi connectivity index (χ3v) is 7.45. The average Bonchev–Trinajstić information content (AvgIpc) is 3.10. The molecule has 1 unspecified atom stereocenters. The zero-order valence-corrected chi connectivity index (χ0v) is 17.8. The summed E-state index contributed by atoms with van der Waals surface area (Å²) in [5.41, 5.74) is 0. The van der Waals surface area contributed by atoms with Crippen molar-refractivity contribution in [3.05, 3.63) is 30.3 Å². The van der Waals surface area contributed by atoms with E-state index in [1.54, 1.807) is 9.80 Å². The molecule has 2 heterocycles. The second-order valence-electron chi connectivity index (χ2n) is 7.85. The van der Waals surface area contributed by atoms with Crippen LogP contribution in [0.4, 0.5) is 0 Å². The Kier molecular flexibility index (Phi) is 7.16. The average molecular weight is 423 g/mol. The van der Waals surface area contributed by atoms with Gasteiger partial charge in [0.15, 0.2) is 16.4 Å². The van der Waals surface area contributed by atoms with Crippen molar-refractivity contribution < 1.29 is 22.7 Å². The predicted octanol–water partition coefficient (Wildman–Crippen LogP) is 1.73. The lowest BCUT2D eigenvalue weighted by molar-refractivity contribution is -0.142. The molecule has 0 saturated carbocycles. The number of carbonyl (C=O) groups is 2. The first-order chi connectivity index (χ1) is 13.9. The van der Waals surface area contributed by atoms with Crippen LogP contribution in [0.2, 0.25) is 0 Å². The van der Waals surface area contributed by atoms with Crippen molar-refractivity contribution >= 4 is 21.7 Å². The van der Waals surface area contributed by atoms with Crippen molar-refractivity contribution in [3.8, 4) is 5.75 Å². The van der Waals surface area contributed by atoms with Gasteiger partial charge in [0, 0.05) is 31.6 Å². The Labute approximate surface area is 172 Å². The van der Waals surface area contributed by atoms with Crippen molar-refractivity contribution in [2.75, 3.05) is 37.7 Å². The summed E-state index contributed by atoms with van der Waals surface area (Å²) in [7, 11) is -3.03. The molecule has 7 nitrogen and oxygen atoms in total. The van der Waals surface area contributed by atoms with Gasteiger partial charge in [0.2, 0.25) is 5.91 Å². The zero-order valence-electron chi connectivity index (χ0n) is 17.0. The Morgan fingerprint density at radius 2 is 1.83 bits per heavy atom. The molecular formula is C21H30N2O5S. The first-order valence-corrected chi connectivity index (χ1v) is 12.2. The van der Waals surface area contributed by atoms with E-state index in [1.807, 2.05) is 37.3 Å². The largest absolute Gasteiger partial charge is 0.484 e. The van der Waals surface area contributed by atoms with Gasteiger partial charge in [-0.05, 0) is 37.8 Å². The van der Waals surface area contributed by atoms with Crippen molar-refractivity contribution in [3.63, 3.8) is 0 Å². The van der Waals surface area contributed by atoms with Crippen LogP contribution in [-0.4, -0.2) is 73.8 Å². The van der Waals surface area contributed by atoms with E-state index in [9.17, 15) is 18.0 Å². The van der Waals surface area contributed by atoms with Crippen molar-refractivity contribution in [2.24, 2.45) is 5.92 Å². The Balaban J connectivity index is 1.50. The van der Waals surface area contributed by atoms with Gasteiger partial charge in [-0.1, -0.05) is 25.1 Å². The number of amides is 2. The summed E-state index contributed by atoms with van der Waals surface area (Å²) in [6.07, 6.45) is 2.55. The minimum atomic E-state index is -3.03. The third kappa shape index (κ3) is 5.72. The van der Waals surface area contributed by atoms with Crippen LogP contribution in [0.1, 0.15) is 32.6 Å². The third-order valence-electron chi connectivity index (χ3n) is 5.70. The molecule has 2 fully saturated rings. The molecule has 160 valence electrons. The van der Waals surface area contributed by atoms with Gasteiger partial charge in [-0.25, -0.2) is 8.42 Å². The SMILES string of the molecule is CCCN(C(=O)C1CCN(C(=O)COc2ccccc2)CC1)C1CCS(=O)(=O)C1. The van der Waals surface area contributed by atoms with Crippen LogP contribution < -0.4 is 4.74 Å². The van der Waals surface area contributed by atoms with E-state index >= 15 is 0 Å². The minimum absolute atomic E-state index is 0.00941. The van der Waals surface area contributed by atoms with Crippen LogP contribution in [0.15, 0.2) is 30.3 Å². The normalized spacial score (nSPS) is 21.7. The van der Waals surface area contributed by atoms with E-state index in [1.165, 1.54) is 0 Å². The second-order valence-corrected chi connectivity index (χ2v) is 10.1. The van der Waals surface area contributed by atoms with Gasteiger partial charge in [-0.3, -0.25) is 9.59 Å². The highest BCUT2D eigenvalue weighted by Crippen LogP contribution is 2.25. The zero-order chi connectivity index (χ0) is 20.9. The first-order valence-electron chi connectivity index (χ1n) is 10.4. The maximum absolute atomic E-state index is 13.1. The number of sulfone groups is 1. The summed E-state index contributed by atoms with van der Waals surface area (Å²) in [5.74, 6) is 0.720. The van der Waals surface area contributed by atoms with Gasteiger partial charge in [0.25, 0.3) is 5.91 Å². The molecule has 2 amide bonds. The lowest BCUT2D eigenvalue weighted by atomic mass is 9.94.